The monoisotopic (exact) mass is 529 g/mol. The lowest BCUT2D eigenvalue weighted by Gasteiger charge is -2.20. The van der Waals surface area contributed by atoms with E-state index in [2.05, 4.69) is 21.0 Å². The van der Waals surface area contributed by atoms with Crippen molar-refractivity contribution in [2.24, 2.45) is 5.10 Å². The molecule has 3 rings (SSSR count). The van der Waals surface area contributed by atoms with Gasteiger partial charge in [-0.15, -0.1) is 0 Å². The summed E-state index contributed by atoms with van der Waals surface area (Å²) >= 11 is 3.41. The van der Waals surface area contributed by atoms with E-state index in [4.69, 9.17) is 19.2 Å². The Bertz CT molecular complexity index is 1290. The lowest BCUT2D eigenvalue weighted by atomic mass is 9.95. The molecule has 0 radical (unpaired) electrons. The Balaban J connectivity index is 1.95. The fourth-order valence-electron chi connectivity index (χ4n) is 3.18. The molecule has 34 heavy (non-hydrogen) atoms. The van der Waals surface area contributed by atoms with Crippen LogP contribution in [-0.4, -0.2) is 41.7 Å². The van der Waals surface area contributed by atoms with E-state index in [1.165, 1.54) is 11.8 Å². The third-order valence-electron chi connectivity index (χ3n) is 4.70. The first kappa shape index (κ1) is 25.4. The molecule has 0 aliphatic rings. The number of rotatable bonds is 7. The number of methoxy groups -OCH3 is 1. The molecule has 0 aliphatic carbocycles. The molecule has 1 heterocycles. The van der Waals surface area contributed by atoms with Crippen LogP contribution in [0.1, 0.15) is 46.0 Å². The predicted molar refractivity (Wildman–Crippen MR) is 135 cm³/mol. The van der Waals surface area contributed by atoms with Crippen molar-refractivity contribution in [3.63, 3.8) is 0 Å². The average Bonchev–Trinajstić information content (AvgIpc) is 2.76. The predicted octanol–water partition coefficient (Wildman–Crippen LogP) is 4.68. The Morgan fingerprint density at radius 3 is 2.56 bits per heavy atom. The number of aromatic nitrogens is 2. The summed E-state index contributed by atoms with van der Waals surface area (Å²) in [4.78, 5) is 29.7. The van der Waals surface area contributed by atoms with Crippen molar-refractivity contribution in [3.8, 4) is 11.5 Å². The Hall–Kier alpha value is -3.20. The molecular weight excluding hydrogens is 502 g/mol. The molecule has 0 spiro atoms. The summed E-state index contributed by atoms with van der Waals surface area (Å²) in [6.07, 6.45) is 1.34. The maximum absolute atomic E-state index is 13.3. The number of benzene rings is 2. The molecule has 0 saturated carbocycles. The molecule has 3 aromatic rings. The molecule has 8 nitrogen and oxygen atoms in total. The maximum atomic E-state index is 13.3. The Morgan fingerprint density at radius 1 is 1.18 bits per heavy atom. The maximum Gasteiger partial charge on any atom is 0.344 e. The molecule has 0 fully saturated rings. The van der Waals surface area contributed by atoms with Crippen molar-refractivity contribution in [3.05, 3.63) is 62.6 Å². The van der Waals surface area contributed by atoms with Crippen molar-refractivity contribution in [1.29, 1.82) is 0 Å². The smallest absolute Gasteiger partial charge is 0.344 e. The van der Waals surface area contributed by atoms with Gasteiger partial charge in [0.05, 0.1) is 30.3 Å². The van der Waals surface area contributed by atoms with Gasteiger partial charge in [-0.3, -0.25) is 4.79 Å². The molecule has 180 valence electrons. The summed E-state index contributed by atoms with van der Waals surface area (Å²) in [6.45, 7) is 9.24. The van der Waals surface area contributed by atoms with Crippen LogP contribution in [0.2, 0.25) is 0 Å². The SMILES string of the molecule is COc1cc(C=Nn2c(C(C)(C)C)nc3ccc(Br)cc3c2=O)ccc1OCC(=O)OC(C)C. The second-order valence-corrected chi connectivity index (χ2v) is 9.86. The van der Waals surface area contributed by atoms with E-state index >= 15 is 0 Å². The summed E-state index contributed by atoms with van der Waals surface area (Å²) < 4.78 is 18.1. The molecule has 0 bridgehead atoms. The number of fused-ring (bicyclic) bond motifs is 1. The van der Waals surface area contributed by atoms with Gasteiger partial charge >= 0.3 is 5.97 Å². The summed E-state index contributed by atoms with van der Waals surface area (Å²) in [6, 6.07) is 10.5. The third-order valence-corrected chi connectivity index (χ3v) is 5.20. The van der Waals surface area contributed by atoms with E-state index in [1.54, 1.807) is 44.3 Å². The highest BCUT2D eigenvalue weighted by molar-refractivity contribution is 9.10. The van der Waals surface area contributed by atoms with Gasteiger partial charge in [0.2, 0.25) is 0 Å². The average molecular weight is 530 g/mol. The Labute approximate surface area is 206 Å². The van der Waals surface area contributed by atoms with Gasteiger partial charge in [0.1, 0.15) is 5.82 Å². The van der Waals surface area contributed by atoms with E-state index in [9.17, 15) is 9.59 Å². The molecule has 1 aromatic heterocycles. The first-order chi connectivity index (χ1) is 16.0. The van der Waals surface area contributed by atoms with Gasteiger partial charge in [0, 0.05) is 9.89 Å². The molecule has 0 unspecified atom stereocenters. The van der Waals surface area contributed by atoms with E-state index in [1.807, 2.05) is 32.9 Å². The van der Waals surface area contributed by atoms with Crippen molar-refractivity contribution in [1.82, 2.24) is 9.66 Å². The highest BCUT2D eigenvalue weighted by Gasteiger charge is 2.23. The third kappa shape index (κ3) is 6.02. The van der Waals surface area contributed by atoms with E-state index < -0.39 is 11.4 Å². The summed E-state index contributed by atoms with van der Waals surface area (Å²) in [5.41, 5.74) is 0.611. The van der Waals surface area contributed by atoms with Crippen molar-refractivity contribution >= 4 is 39.0 Å². The fourth-order valence-corrected chi connectivity index (χ4v) is 3.54. The first-order valence-corrected chi connectivity index (χ1v) is 11.6. The molecule has 0 amide bonds. The van der Waals surface area contributed by atoms with Gasteiger partial charge in [-0.05, 0) is 55.8 Å². The van der Waals surface area contributed by atoms with Crippen LogP contribution in [0.25, 0.3) is 10.9 Å². The number of halogens is 1. The number of carbonyl (C=O) groups is 1. The van der Waals surface area contributed by atoms with Crippen LogP contribution in [0, 0.1) is 0 Å². The lowest BCUT2D eigenvalue weighted by Crippen LogP contribution is -2.29. The molecular formula is C25H28BrN3O5. The Morgan fingerprint density at radius 2 is 1.91 bits per heavy atom. The first-order valence-electron chi connectivity index (χ1n) is 10.8. The molecule has 0 atom stereocenters. The second-order valence-electron chi connectivity index (χ2n) is 8.95. The van der Waals surface area contributed by atoms with Crippen LogP contribution in [0.15, 0.2) is 50.8 Å². The van der Waals surface area contributed by atoms with Crippen molar-refractivity contribution in [2.45, 2.75) is 46.1 Å². The zero-order chi connectivity index (χ0) is 25.0. The zero-order valence-electron chi connectivity index (χ0n) is 20.1. The number of esters is 1. The highest BCUT2D eigenvalue weighted by atomic mass is 79.9. The normalized spacial score (nSPS) is 11.9. The zero-order valence-corrected chi connectivity index (χ0v) is 21.7. The van der Waals surface area contributed by atoms with E-state index in [-0.39, 0.29) is 18.3 Å². The van der Waals surface area contributed by atoms with Gasteiger partial charge < -0.3 is 14.2 Å². The molecule has 9 heteroatoms. The van der Waals surface area contributed by atoms with Crippen LogP contribution in [0.4, 0.5) is 0 Å². The Kier molecular flexibility index (Phi) is 7.76. The molecule has 0 saturated heterocycles. The topological polar surface area (TPSA) is 92.0 Å². The minimum Gasteiger partial charge on any atom is -0.493 e. The van der Waals surface area contributed by atoms with Gasteiger partial charge in [0.25, 0.3) is 5.56 Å². The van der Waals surface area contributed by atoms with Gasteiger partial charge in [-0.2, -0.15) is 9.78 Å². The standard InChI is InChI=1S/C25H28BrN3O5/c1-15(2)34-22(30)14-33-20-10-7-16(11-21(20)32-6)13-27-29-23(31)18-12-17(26)8-9-19(18)28-24(29)25(3,4)5/h7-13,15H,14H2,1-6H3. The van der Waals surface area contributed by atoms with Crippen LogP contribution in [0.3, 0.4) is 0 Å². The highest BCUT2D eigenvalue weighted by Crippen LogP contribution is 2.28. The van der Waals surface area contributed by atoms with Crippen LogP contribution < -0.4 is 15.0 Å². The van der Waals surface area contributed by atoms with Gasteiger partial charge in [0.15, 0.2) is 18.1 Å². The largest absolute Gasteiger partial charge is 0.493 e. The van der Waals surface area contributed by atoms with Crippen LogP contribution in [0.5, 0.6) is 11.5 Å². The van der Waals surface area contributed by atoms with Crippen molar-refractivity contribution < 1.29 is 19.0 Å². The van der Waals surface area contributed by atoms with Crippen LogP contribution in [-0.2, 0) is 14.9 Å². The number of carbonyl (C=O) groups excluding carboxylic acids is 1. The number of nitrogens with zero attached hydrogens (tertiary/aromatic N) is 3. The summed E-state index contributed by atoms with van der Waals surface area (Å²) in [7, 11) is 1.50. The molecule has 2 aromatic carbocycles. The minimum absolute atomic E-state index is 0.219. The number of hydrogen-bond acceptors (Lipinski definition) is 7. The lowest BCUT2D eigenvalue weighted by molar-refractivity contribution is -0.149. The summed E-state index contributed by atoms with van der Waals surface area (Å²) in [5.74, 6) is 0.891. The molecule has 0 N–H and O–H groups in total. The molecule has 0 aliphatic heterocycles. The van der Waals surface area contributed by atoms with Crippen molar-refractivity contribution in [2.75, 3.05) is 13.7 Å². The minimum atomic E-state index is -0.466. The quantitative estimate of drug-likeness (QED) is 0.326. The van der Waals surface area contributed by atoms with E-state index in [0.29, 0.717) is 33.8 Å². The number of hydrogen-bond donors (Lipinski definition) is 0. The second kappa shape index (κ2) is 10.4. The summed E-state index contributed by atoms with van der Waals surface area (Å²) in [5, 5.41) is 4.93. The van der Waals surface area contributed by atoms with Gasteiger partial charge in [-0.1, -0.05) is 36.7 Å². The fraction of sp³-hybridized carbons (Fsp3) is 0.360. The van der Waals surface area contributed by atoms with Crippen LogP contribution >= 0.6 is 15.9 Å². The van der Waals surface area contributed by atoms with E-state index in [0.717, 1.165) is 4.47 Å². The van der Waals surface area contributed by atoms with Gasteiger partial charge in [-0.25, -0.2) is 9.78 Å². The number of ether oxygens (including phenoxy) is 3.